The van der Waals surface area contributed by atoms with Gasteiger partial charge in [-0.3, -0.25) is 0 Å². The lowest BCUT2D eigenvalue weighted by molar-refractivity contribution is 0.288. The van der Waals surface area contributed by atoms with Gasteiger partial charge in [-0.2, -0.15) is 5.26 Å². The van der Waals surface area contributed by atoms with Crippen molar-refractivity contribution >= 4 is 11.6 Å². The predicted octanol–water partition coefficient (Wildman–Crippen LogP) is 3.60. The molecule has 2 aromatic rings. The first-order chi connectivity index (χ1) is 10.6. The minimum Gasteiger partial charge on any atom is -0.311 e. The Balaban J connectivity index is 2.01. The lowest BCUT2D eigenvalue weighted by Gasteiger charge is -2.26. The molecule has 1 atom stereocenters. The highest BCUT2D eigenvalue weighted by Crippen LogP contribution is 2.25. The first-order valence-corrected chi connectivity index (χ1v) is 7.60. The topological polar surface area (TPSA) is 39.1 Å². The molecule has 0 saturated heterocycles. The molecule has 0 aliphatic heterocycles. The molecule has 0 fully saturated rings. The molecule has 2 aromatic carbocycles. The zero-order valence-corrected chi connectivity index (χ0v) is 13.6. The van der Waals surface area contributed by atoms with E-state index in [1.165, 1.54) is 0 Å². The number of hydrogen-bond donors (Lipinski definition) is 1. The van der Waals surface area contributed by atoms with Crippen molar-refractivity contribution in [1.82, 2.24) is 10.2 Å². The summed E-state index contributed by atoms with van der Waals surface area (Å²) in [6.07, 6.45) is 0. The Morgan fingerprint density at radius 3 is 2.64 bits per heavy atom. The summed E-state index contributed by atoms with van der Waals surface area (Å²) in [6.45, 7) is 1.51. The van der Waals surface area contributed by atoms with Gasteiger partial charge in [0.2, 0.25) is 0 Å². The first-order valence-electron chi connectivity index (χ1n) is 7.22. The summed E-state index contributed by atoms with van der Waals surface area (Å²) in [4.78, 5) is 2.15. The second-order valence-corrected chi connectivity index (χ2v) is 5.85. The zero-order valence-electron chi connectivity index (χ0n) is 12.9. The van der Waals surface area contributed by atoms with Crippen LogP contribution in [0.5, 0.6) is 0 Å². The summed E-state index contributed by atoms with van der Waals surface area (Å²) in [5.41, 5.74) is 2.91. The van der Waals surface area contributed by atoms with Crippen molar-refractivity contribution in [1.29, 1.82) is 5.26 Å². The number of nitrogens with zero attached hydrogens (tertiary/aromatic N) is 2. The number of likely N-dealkylation sites (N-methyl/N-ethyl adjacent to an activating group) is 1. The van der Waals surface area contributed by atoms with Gasteiger partial charge in [0.15, 0.2) is 0 Å². The smallest absolute Gasteiger partial charge is 0.0991 e. The molecular weight excluding hydrogens is 294 g/mol. The van der Waals surface area contributed by atoms with Crippen molar-refractivity contribution in [2.24, 2.45) is 0 Å². The average Bonchev–Trinajstić information content (AvgIpc) is 2.52. The molecule has 0 aromatic heterocycles. The summed E-state index contributed by atoms with van der Waals surface area (Å²) < 4.78 is 0. The molecule has 0 aliphatic rings. The van der Waals surface area contributed by atoms with Crippen molar-refractivity contribution < 1.29 is 0 Å². The second-order valence-electron chi connectivity index (χ2n) is 5.44. The van der Waals surface area contributed by atoms with E-state index in [2.05, 4.69) is 22.4 Å². The molecule has 0 bridgehead atoms. The van der Waals surface area contributed by atoms with Crippen LogP contribution in [0.15, 0.2) is 48.5 Å². The van der Waals surface area contributed by atoms with Gasteiger partial charge >= 0.3 is 0 Å². The highest BCUT2D eigenvalue weighted by atomic mass is 35.5. The van der Waals surface area contributed by atoms with Gasteiger partial charge in [-0.1, -0.05) is 41.9 Å². The van der Waals surface area contributed by atoms with Crippen LogP contribution in [0.2, 0.25) is 5.02 Å². The van der Waals surface area contributed by atoms with E-state index in [-0.39, 0.29) is 6.04 Å². The maximum Gasteiger partial charge on any atom is 0.0991 e. The quantitative estimate of drug-likeness (QED) is 0.885. The molecule has 0 aliphatic carbocycles. The lowest BCUT2D eigenvalue weighted by atomic mass is 10.1. The molecule has 4 heteroatoms. The van der Waals surface area contributed by atoms with E-state index in [0.717, 1.165) is 29.2 Å². The number of halogens is 1. The Hall–Kier alpha value is -1.86. The third-order valence-corrected chi connectivity index (χ3v) is 3.95. The van der Waals surface area contributed by atoms with E-state index in [0.29, 0.717) is 5.56 Å². The van der Waals surface area contributed by atoms with Crippen LogP contribution in [-0.4, -0.2) is 25.5 Å². The Morgan fingerprint density at radius 1 is 1.18 bits per heavy atom. The number of benzene rings is 2. The van der Waals surface area contributed by atoms with E-state index in [4.69, 9.17) is 16.9 Å². The highest BCUT2D eigenvalue weighted by Gasteiger charge is 2.16. The van der Waals surface area contributed by atoms with Gasteiger partial charge in [0, 0.05) is 24.2 Å². The third kappa shape index (κ3) is 4.32. The van der Waals surface area contributed by atoms with Gasteiger partial charge in [0.1, 0.15) is 0 Å². The van der Waals surface area contributed by atoms with Crippen molar-refractivity contribution in [3.05, 3.63) is 70.2 Å². The van der Waals surface area contributed by atoms with E-state index in [1.807, 2.05) is 56.6 Å². The molecule has 3 nitrogen and oxygen atoms in total. The van der Waals surface area contributed by atoms with Crippen molar-refractivity contribution in [2.75, 3.05) is 20.6 Å². The standard InChI is InChI=1S/C18H20ClN3/c1-22(2)18(16-8-3-4-9-17(16)19)13-21-12-15-7-5-6-14(10-15)11-20/h3-10,18,21H,12-13H2,1-2H3/t18-/m1/s1. The summed E-state index contributed by atoms with van der Waals surface area (Å²) in [5.74, 6) is 0. The van der Waals surface area contributed by atoms with Crippen LogP contribution in [0, 0.1) is 11.3 Å². The molecular formula is C18H20ClN3. The molecule has 114 valence electrons. The normalized spacial score (nSPS) is 12.1. The van der Waals surface area contributed by atoms with Crippen LogP contribution < -0.4 is 5.32 Å². The van der Waals surface area contributed by atoms with Crippen LogP contribution in [0.3, 0.4) is 0 Å². The van der Waals surface area contributed by atoms with Crippen LogP contribution in [-0.2, 0) is 6.54 Å². The fourth-order valence-corrected chi connectivity index (χ4v) is 2.68. The molecule has 2 rings (SSSR count). The van der Waals surface area contributed by atoms with Gasteiger partial charge in [-0.15, -0.1) is 0 Å². The average molecular weight is 314 g/mol. The van der Waals surface area contributed by atoms with Crippen LogP contribution in [0.25, 0.3) is 0 Å². The van der Waals surface area contributed by atoms with Crippen molar-refractivity contribution in [2.45, 2.75) is 12.6 Å². The van der Waals surface area contributed by atoms with E-state index in [9.17, 15) is 0 Å². The zero-order chi connectivity index (χ0) is 15.9. The van der Waals surface area contributed by atoms with E-state index < -0.39 is 0 Å². The van der Waals surface area contributed by atoms with Crippen molar-refractivity contribution in [3.8, 4) is 6.07 Å². The Kier molecular flexibility index (Phi) is 5.97. The van der Waals surface area contributed by atoms with Gasteiger partial charge in [0.25, 0.3) is 0 Å². The van der Waals surface area contributed by atoms with Crippen LogP contribution in [0.4, 0.5) is 0 Å². The summed E-state index contributed by atoms with van der Waals surface area (Å²) in [5, 5.41) is 13.2. The predicted molar refractivity (Wildman–Crippen MR) is 90.7 cm³/mol. The minimum atomic E-state index is 0.202. The summed E-state index contributed by atoms with van der Waals surface area (Å²) >= 11 is 6.31. The van der Waals surface area contributed by atoms with Crippen LogP contribution in [0.1, 0.15) is 22.7 Å². The van der Waals surface area contributed by atoms with E-state index in [1.54, 1.807) is 0 Å². The Labute approximate surface area is 137 Å². The minimum absolute atomic E-state index is 0.202. The summed E-state index contributed by atoms with van der Waals surface area (Å²) in [7, 11) is 4.10. The number of hydrogen-bond acceptors (Lipinski definition) is 3. The molecule has 0 saturated carbocycles. The molecule has 1 N–H and O–H groups in total. The Morgan fingerprint density at radius 2 is 1.95 bits per heavy atom. The lowest BCUT2D eigenvalue weighted by Crippen LogP contribution is -2.31. The van der Waals surface area contributed by atoms with Gasteiger partial charge in [-0.25, -0.2) is 0 Å². The fraction of sp³-hybridized carbons (Fsp3) is 0.278. The Bertz CT molecular complexity index is 661. The van der Waals surface area contributed by atoms with Crippen LogP contribution >= 0.6 is 11.6 Å². The van der Waals surface area contributed by atoms with Crippen molar-refractivity contribution in [3.63, 3.8) is 0 Å². The molecule has 22 heavy (non-hydrogen) atoms. The maximum absolute atomic E-state index is 8.94. The number of nitriles is 1. The summed E-state index contributed by atoms with van der Waals surface area (Å²) in [6, 6.07) is 18.0. The highest BCUT2D eigenvalue weighted by molar-refractivity contribution is 6.31. The van der Waals surface area contributed by atoms with Gasteiger partial charge < -0.3 is 10.2 Å². The number of nitrogens with one attached hydrogen (secondary N) is 1. The monoisotopic (exact) mass is 313 g/mol. The van der Waals surface area contributed by atoms with Gasteiger partial charge in [0.05, 0.1) is 11.6 Å². The molecule has 0 radical (unpaired) electrons. The SMILES string of the molecule is CN(C)[C@H](CNCc1cccc(C#N)c1)c1ccccc1Cl. The number of rotatable bonds is 6. The molecule has 0 spiro atoms. The maximum atomic E-state index is 8.94. The van der Waals surface area contributed by atoms with E-state index >= 15 is 0 Å². The second kappa shape index (κ2) is 7.95. The largest absolute Gasteiger partial charge is 0.311 e. The third-order valence-electron chi connectivity index (χ3n) is 3.61. The molecule has 0 unspecified atom stereocenters. The molecule has 0 amide bonds. The molecule has 0 heterocycles. The van der Waals surface area contributed by atoms with Gasteiger partial charge in [-0.05, 0) is 43.4 Å². The fourth-order valence-electron chi connectivity index (χ4n) is 2.42. The first kappa shape index (κ1) is 16.5.